The number of benzene rings is 1. The molecule has 1 atom stereocenters. The highest BCUT2D eigenvalue weighted by Crippen LogP contribution is 2.19. The van der Waals surface area contributed by atoms with Crippen LogP contribution in [0.4, 0.5) is 0 Å². The number of thioether (sulfide) groups is 1. The zero-order valence-electron chi connectivity index (χ0n) is 14.0. The number of hydrogen-bond acceptors (Lipinski definition) is 5. The standard InChI is InChI=1S/C19H20N2O3S/c1-2-14-3-6-16(21-12-14)9-10-24-17-7-4-15(5-8-17)11-18(19(22)23)25-13-20/h3-8,12,18H,2,9-11H2,1H3,(H,22,23). The van der Waals surface area contributed by atoms with Crippen LogP contribution in [0.3, 0.4) is 0 Å². The highest BCUT2D eigenvalue weighted by molar-refractivity contribution is 8.04. The molecular formula is C19H20N2O3S. The van der Waals surface area contributed by atoms with E-state index in [1.165, 1.54) is 5.56 Å². The number of nitrogens with zero attached hydrogens (tertiary/aromatic N) is 2. The summed E-state index contributed by atoms with van der Waals surface area (Å²) in [5.41, 5.74) is 3.07. The molecule has 1 heterocycles. The van der Waals surface area contributed by atoms with E-state index >= 15 is 0 Å². The van der Waals surface area contributed by atoms with Crippen LogP contribution in [0.1, 0.15) is 23.7 Å². The molecule has 130 valence electrons. The van der Waals surface area contributed by atoms with Gasteiger partial charge in [0.15, 0.2) is 0 Å². The van der Waals surface area contributed by atoms with Crippen LogP contribution >= 0.6 is 11.8 Å². The molecule has 25 heavy (non-hydrogen) atoms. The number of pyridine rings is 1. The Bertz CT molecular complexity index is 724. The van der Waals surface area contributed by atoms with Crippen molar-refractivity contribution >= 4 is 17.7 Å². The van der Waals surface area contributed by atoms with Gasteiger partial charge in [0.05, 0.1) is 6.61 Å². The molecule has 2 aromatic rings. The second kappa shape index (κ2) is 9.70. The molecule has 1 aromatic carbocycles. The lowest BCUT2D eigenvalue weighted by atomic mass is 10.1. The van der Waals surface area contributed by atoms with E-state index in [0.717, 1.165) is 41.6 Å². The van der Waals surface area contributed by atoms with Gasteiger partial charge in [-0.3, -0.25) is 9.78 Å². The lowest BCUT2D eigenvalue weighted by Crippen LogP contribution is -2.18. The number of aryl methyl sites for hydroxylation is 1. The molecule has 0 aliphatic rings. The number of thiocyanates is 1. The molecular weight excluding hydrogens is 336 g/mol. The third-order valence-electron chi connectivity index (χ3n) is 3.74. The molecule has 0 radical (unpaired) electrons. The fourth-order valence-electron chi connectivity index (χ4n) is 2.26. The molecule has 0 bridgehead atoms. The van der Waals surface area contributed by atoms with Crippen molar-refractivity contribution in [2.24, 2.45) is 0 Å². The fourth-order valence-corrected chi connectivity index (χ4v) is 2.77. The van der Waals surface area contributed by atoms with Crippen molar-refractivity contribution in [1.82, 2.24) is 4.98 Å². The van der Waals surface area contributed by atoms with Crippen molar-refractivity contribution < 1.29 is 14.6 Å². The number of carboxylic acids is 1. The monoisotopic (exact) mass is 356 g/mol. The van der Waals surface area contributed by atoms with Crippen LogP contribution in [-0.4, -0.2) is 27.9 Å². The Balaban J connectivity index is 1.83. The van der Waals surface area contributed by atoms with Gasteiger partial charge in [0.25, 0.3) is 0 Å². The Hall–Kier alpha value is -2.52. The normalized spacial score (nSPS) is 11.5. The Labute approximate surface area is 151 Å². The third-order valence-corrected chi connectivity index (χ3v) is 4.49. The summed E-state index contributed by atoms with van der Waals surface area (Å²) >= 11 is 0.765. The van der Waals surface area contributed by atoms with Gasteiger partial charge in [0.2, 0.25) is 0 Å². The number of ether oxygens (including phenoxy) is 1. The molecule has 0 saturated carbocycles. The lowest BCUT2D eigenvalue weighted by molar-refractivity contribution is -0.136. The summed E-state index contributed by atoms with van der Waals surface area (Å²) in [6.45, 7) is 2.63. The van der Waals surface area contributed by atoms with E-state index in [4.69, 9.17) is 15.1 Å². The van der Waals surface area contributed by atoms with Crippen molar-refractivity contribution in [2.75, 3.05) is 6.61 Å². The smallest absolute Gasteiger partial charge is 0.318 e. The van der Waals surface area contributed by atoms with Crippen molar-refractivity contribution in [2.45, 2.75) is 31.4 Å². The van der Waals surface area contributed by atoms with Crippen LogP contribution in [0, 0.1) is 10.7 Å². The molecule has 5 nitrogen and oxygen atoms in total. The number of rotatable bonds is 9. The lowest BCUT2D eigenvalue weighted by Gasteiger charge is -2.09. The number of carbonyl (C=O) groups is 1. The Morgan fingerprint density at radius 1 is 1.28 bits per heavy atom. The second-order valence-electron chi connectivity index (χ2n) is 5.49. The van der Waals surface area contributed by atoms with E-state index in [0.29, 0.717) is 13.0 Å². The average molecular weight is 356 g/mol. The maximum Gasteiger partial charge on any atom is 0.318 e. The minimum absolute atomic E-state index is 0.307. The summed E-state index contributed by atoms with van der Waals surface area (Å²) in [5, 5.41) is 18.8. The molecule has 1 aromatic heterocycles. The van der Waals surface area contributed by atoms with Crippen LogP contribution in [0.25, 0.3) is 0 Å². The molecule has 0 aliphatic carbocycles. The van der Waals surface area contributed by atoms with Gasteiger partial charge in [-0.1, -0.05) is 25.1 Å². The van der Waals surface area contributed by atoms with Gasteiger partial charge in [0.1, 0.15) is 16.4 Å². The maximum atomic E-state index is 11.1. The van der Waals surface area contributed by atoms with Gasteiger partial charge in [-0.2, -0.15) is 5.26 Å². The van der Waals surface area contributed by atoms with Crippen molar-refractivity contribution in [3.05, 3.63) is 59.4 Å². The summed E-state index contributed by atoms with van der Waals surface area (Å²) in [6, 6.07) is 11.4. The predicted molar refractivity (Wildman–Crippen MR) is 97.6 cm³/mol. The maximum absolute atomic E-state index is 11.1. The van der Waals surface area contributed by atoms with E-state index < -0.39 is 11.2 Å². The van der Waals surface area contributed by atoms with Crippen molar-refractivity contribution in [3.63, 3.8) is 0 Å². The molecule has 0 spiro atoms. The Morgan fingerprint density at radius 2 is 2.00 bits per heavy atom. The third kappa shape index (κ3) is 6.12. The van der Waals surface area contributed by atoms with Crippen LogP contribution < -0.4 is 4.74 Å². The molecule has 0 aliphatic heterocycles. The summed E-state index contributed by atoms with van der Waals surface area (Å²) in [5.74, 6) is -0.248. The SMILES string of the molecule is CCc1ccc(CCOc2ccc(CC(SC#N)C(=O)O)cc2)nc1. The highest BCUT2D eigenvalue weighted by atomic mass is 32.2. The highest BCUT2D eigenvalue weighted by Gasteiger charge is 2.18. The van der Waals surface area contributed by atoms with Crippen LogP contribution in [0.2, 0.25) is 0 Å². The minimum atomic E-state index is -0.978. The summed E-state index contributed by atoms with van der Waals surface area (Å²) < 4.78 is 5.71. The average Bonchev–Trinajstić information content (AvgIpc) is 2.63. The van der Waals surface area contributed by atoms with E-state index in [1.807, 2.05) is 41.9 Å². The summed E-state index contributed by atoms with van der Waals surface area (Å²) in [7, 11) is 0. The van der Waals surface area contributed by atoms with E-state index in [9.17, 15) is 4.79 Å². The van der Waals surface area contributed by atoms with Crippen molar-refractivity contribution in [1.29, 1.82) is 5.26 Å². The van der Waals surface area contributed by atoms with Crippen molar-refractivity contribution in [3.8, 4) is 11.2 Å². The molecule has 0 amide bonds. The van der Waals surface area contributed by atoms with Gasteiger partial charge in [0, 0.05) is 18.3 Å². The molecule has 1 unspecified atom stereocenters. The largest absolute Gasteiger partial charge is 0.493 e. The second-order valence-corrected chi connectivity index (χ2v) is 6.48. The first kappa shape index (κ1) is 18.8. The van der Waals surface area contributed by atoms with Gasteiger partial charge < -0.3 is 9.84 Å². The van der Waals surface area contributed by atoms with E-state index in [-0.39, 0.29) is 0 Å². The molecule has 2 rings (SSSR count). The first-order valence-electron chi connectivity index (χ1n) is 8.05. The number of hydrogen-bond donors (Lipinski definition) is 1. The van der Waals surface area contributed by atoms with Gasteiger partial charge >= 0.3 is 5.97 Å². The number of aliphatic carboxylic acids is 1. The van der Waals surface area contributed by atoms with Gasteiger partial charge in [-0.25, -0.2) is 0 Å². The number of nitriles is 1. The van der Waals surface area contributed by atoms with Crippen LogP contribution in [0.5, 0.6) is 5.75 Å². The number of aromatic nitrogens is 1. The zero-order valence-corrected chi connectivity index (χ0v) is 14.8. The minimum Gasteiger partial charge on any atom is -0.493 e. The molecule has 0 saturated heterocycles. The fraction of sp³-hybridized carbons (Fsp3) is 0.316. The van der Waals surface area contributed by atoms with Gasteiger partial charge in [-0.15, -0.1) is 0 Å². The molecule has 1 N–H and O–H groups in total. The zero-order chi connectivity index (χ0) is 18.1. The first-order chi connectivity index (χ1) is 12.1. The molecule has 0 fully saturated rings. The predicted octanol–water partition coefficient (Wildman–Crippen LogP) is 3.48. The summed E-state index contributed by atoms with van der Waals surface area (Å²) in [4.78, 5) is 15.5. The van der Waals surface area contributed by atoms with Crippen LogP contribution in [-0.2, 0) is 24.1 Å². The van der Waals surface area contributed by atoms with E-state index in [2.05, 4.69) is 18.0 Å². The number of carboxylic acid groups (broad SMARTS) is 1. The summed E-state index contributed by atoms with van der Waals surface area (Å²) in [6.07, 6.45) is 3.90. The first-order valence-corrected chi connectivity index (χ1v) is 8.93. The topological polar surface area (TPSA) is 83.2 Å². The van der Waals surface area contributed by atoms with Crippen LogP contribution in [0.15, 0.2) is 42.6 Å². The molecule has 6 heteroatoms. The van der Waals surface area contributed by atoms with Gasteiger partial charge in [-0.05, 0) is 53.9 Å². The Morgan fingerprint density at radius 3 is 2.56 bits per heavy atom. The Kier molecular flexibility index (Phi) is 7.30. The quantitative estimate of drug-likeness (QED) is 0.693. The van der Waals surface area contributed by atoms with E-state index in [1.54, 1.807) is 0 Å².